The fourth-order valence-corrected chi connectivity index (χ4v) is 4.59. The number of hydrogen-bond acceptors (Lipinski definition) is 7. The molecule has 0 aliphatic heterocycles. The van der Waals surface area contributed by atoms with Gasteiger partial charge in [-0.25, -0.2) is 4.79 Å². The van der Waals surface area contributed by atoms with Gasteiger partial charge in [0.05, 0.1) is 19.9 Å². The molecule has 7 nitrogen and oxygen atoms in total. The number of pyridine rings is 1. The maximum absolute atomic E-state index is 12.3. The first-order valence-electron chi connectivity index (χ1n) is 12.2. The highest BCUT2D eigenvalue weighted by Gasteiger charge is 2.17. The maximum atomic E-state index is 12.3. The molecule has 2 aromatic carbocycles. The van der Waals surface area contributed by atoms with Crippen LogP contribution < -0.4 is 20.4 Å². The number of fused-ring (bicyclic) bond motifs is 2. The van der Waals surface area contributed by atoms with Crippen LogP contribution in [0.25, 0.3) is 33.3 Å². The van der Waals surface area contributed by atoms with E-state index in [4.69, 9.17) is 18.3 Å². The predicted molar refractivity (Wildman–Crippen MR) is 152 cm³/mol. The monoisotopic (exact) mass is 534 g/mol. The summed E-state index contributed by atoms with van der Waals surface area (Å²) in [7, 11) is 3.27. The molecule has 0 unspecified atom stereocenters. The van der Waals surface area contributed by atoms with E-state index in [0.29, 0.717) is 17.9 Å². The summed E-state index contributed by atoms with van der Waals surface area (Å²) in [5.74, 6) is 2.07. The van der Waals surface area contributed by atoms with E-state index in [2.05, 4.69) is 10.3 Å². The van der Waals surface area contributed by atoms with Crippen molar-refractivity contribution in [2.45, 2.75) is 33.7 Å². The van der Waals surface area contributed by atoms with E-state index in [1.165, 1.54) is 6.07 Å². The van der Waals surface area contributed by atoms with Crippen molar-refractivity contribution in [3.05, 3.63) is 87.0 Å². The molecule has 0 saturated heterocycles. The zero-order valence-corrected chi connectivity index (χ0v) is 23.0. The molecule has 0 amide bonds. The third-order valence-electron chi connectivity index (χ3n) is 6.80. The lowest BCUT2D eigenvalue weighted by molar-refractivity contribution is 0.354. The topological polar surface area (TPSA) is 86.7 Å². The SMILES string of the molecule is COc1ccc(CCNCc2cnc(C)c3oc(-c4cc(=O)oc5cc(C)c(C)cc45)cc23)cc1OC.Cl. The van der Waals surface area contributed by atoms with E-state index in [1.807, 2.05) is 63.4 Å². The quantitative estimate of drug-likeness (QED) is 0.185. The molecular weight excluding hydrogens is 504 g/mol. The Morgan fingerprint density at radius 3 is 2.42 bits per heavy atom. The van der Waals surface area contributed by atoms with E-state index in [0.717, 1.165) is 74.3 Å². The molecule has 0 aliphatic rings. The van der Waals surface area contributed by atoms with E-state index >= 15 is 0 Å². The van der Waals surface area contributed by atoms with Crippen molar-refractivity contribution in [1.82, 2.24) is 10.3 Å². The molecule has 8 heteroatoms. The molecule has 0 aliphatic carbocycles. The number of nitrogens with one attached hydrogen (secondary N) is 1. The number of aromatic nitrogens is 1. The van der Waals surface area contributed by atoms with Gasteiger partial charge in [-0.3, -0.25) is 4.98 Å². The molecule has 0 fully saturated rings. The summed E-state index contributed by atoms with van der Waals surface area (Å²) < 4.78 is 22.5. The summed E-state index contributed by atoms with van der Waals surface area (Å²) in [5, 5.41) is 5.34. The molecule has 1 N–H and O–H groups in total. The van der Waals surface area contributed by atoms with Gasteiger partial charge in [0.1, 0.15) is 11.3 Å². The van der Waals surface area contributed by atoms with Crippen LogP contribution in [0.2, 0.25) is 0 Å². The van der Waals surface area contributed by atoms with Crippen LogP contribution in [0.4, 0.5) is 0 Å². The number of aryl methyl sites for hydroxylation is 3. The fourth-order valence-electron chi connectivity index (χ4n) is 4.59. The minimum absolute atomic E-state index is 0. The third kappa shape index (κ3) is 5.26. The second kappa shape index (κ2) is 11.3. The first kappa shape index (κ1) is 27.2. The lowest BCUT2D eigenvalue weighted by Gasteiger charge is -2.10. The Hall–Kier alpha value is -3.81. The Bertz CT molecular complexity index is 1670. The van der Waals surface area contributed by atoms with Gasteiger partial charge in [-0.05, 0) is 86.3 Å². The molecule has 3 aromatic heterocycles. The number of rotatable bonds is 8. The number of ether oxygens (including phenoxy) is 2. The highest BCUT2D eigenvalue weighted by Crippen LogP contribution is 2.35. The van der Waals surface area contributed by atoms with Crippen molar-refractivity contribution in [1.29, 1.82) is 0 Å². The Labute approximate surface area is 227 Å². The van der Waals surface area contributed by atoms with Crippen LogP contribution in [-0.2, 0) is 13.0 Å². The van der Waals surface area contributed by atoms with Crippen LogP contribution in [0, 0.1) is 20.8 Å². The van der Waals surface area contributed by atoms with Gasteiger partial charge in [0.15, 0.2) is 17.1 Å². The molecule has 38 heavy (non-hydrogen) atoms. The predicted octanol–water partition coefficient (Wildman–Crippen LogP) is 6.30. The zero-order valence-electron chi connectivity index (χ0n) is 22.1. The number of methoxy groups -OCH3 is 2. The van der Waals surface area contributed by atoms with Crippen molar-refractivity contribution in [2.75, 3.05) is 20.8 Å². The van der Waals surface area contributed by atoms with Crippen molar-refractivity contribution in [3.63, 3.8) is 0 Å². The normalized spacial score (nSPS) is 11.1. The first-order valence-corrected chi connectivity index (χ1v) is 12.2. The lowest BCUT2D eigenvalue weighted by atomic mass is 10.0. The fraction of sp³-hybridized carbons (Fsp3) is 0.267. The van der Waals surface area contributed by atoms with Crippen molar-refractivity contribution in [3.8, 4) is 22.8 Å². The third-order valence-corrected chi connectivity index (χ3v) is 6.80. The van der Waals surface area contributed by atoms with E-state index < -0.39 is 5.63 Å². The second-order valence-electron chi connectivity index (χ2n) is 9.25. The van der Waals surface area contributed by atoms with Gasteiger partial charge in [-0.1, -0.05) is 6.07 Å². The average molecular weight is 535 g/mol. The molecule has 0 atom stereocenters. The Kier molecular flexibility index (Phi) is 8.09. The molecule has 3 heterocycles. The van der Waals surface area contributed by atoms with Gasteiger partial charge >= 0.3 is 5.63 Å². The molecule has 198 valence electrons. The summed E-state index contributed by atoms with van der Waals surface area (Å²) in [4.78, 5) is 16.9. The number of benzene rings is 2. The summed E-state index contributed by atoms with van der Waals surface area (Å²) in [6, 6.07) is 13.4. The maximum Gasteiger partial charge on any atom is 0.336 e. The molecular formula is C30H31ClN2O5. The van der Waals surface area contributed by atoms with Gasteiger partial charge in [-0.15, -0.1) is 12.4 Å². The largest absolute Gasteiger partial charge is 0.493 e. The summed E-state index contributed by atoms with van der Waals surface area (Å²) in [5.41, 5.74) is 6.77. The van der Waals surface area contributed by atoms with Crippen molar-refractivity contribution < 1.29 is 18.3 Å². The highest BCUT2D eigenvalue weighted by molar-refractivity contribution is 5.96. The molecule has 5 rings (SSSR count). The zero-order chi connectivity index (χ0) is 26.1. The van der Waals surface area contributed by atoms with Crippen LogP contribution in [0.15, 0.2) is 62.3 Å². The molecule has 0 spiro atoms. The minimum atomic E-state index is -0.405. The van der Waals surface area contributed by atoms with E-state index in [1.54, 1.807) is 14.2 Å². The van der Waals surface area contributed by atoms with Crippen LogP contribution in [-0.4, -0.2) is 25.7 Å². The van der Waals surface area contributed by atoms with Crippen LogP contribution in [0.5, 0.6) is 11.5 Å². The first-order chi connectivity index (χ1) is 17.9. The number of furan rings is 1. The average Bonchev–Trinajstić information content (AvgIpc) is 3.34. The molecule has 5 aromatic rings. The second-order valence-corrected chi connectivity index (χ2v) is 9.25. The Morgan fingerprint density at radius 1 is 0.895 bits per heavy atom. The van der Waals surface area contributed by atoms with Crippen molar-refractivity contribution in [2.24, 2.45) is 0 Å². The number of halogens is 1. The van der Waals surface area contributed by atoms with E-state index in [-0.39, 0.29) is 12.4 Å². The molecule has 0 saturated carbocycles. The highest BCUT2D eigenvalue weighted by atomic mass is 35.5. The van der Waals surface area contributed by atoms with Gasteiger partial charge in [-0.2, -0.15) is 0 Å². The smallest absolute Gasteiger partial charge is 0.336 e. The van der Waals surface area contributed by atoms with Gasteiger partial charge in [0, 0.05) is 35.1 Å². The Balaban J connectivity index is 0.00000336. The Morgan fingerprint density at radius 2 is 1.66 bits per heavy atom. The minimum Gasteiger partial charge on any atom is -0.493 e. The van der Waals surface area contributed by atoms with Crippen LogP contribution >= 0.6 is 12.4 Å². The van der Waals surface area contributed by atoms with Crippen molar-refractivity contribution >= 4 is 34.3 Å². The summed E-state index contributed by atoms with van der Waals surface area (Å²) in [6.07, 6.45) is 2.72. The molecule has 0 bridgehead atoms. The van der Waals surface area contributed by atoms with E-state index in [9.17, 15) is 4.79 Å². The standard InChI is InChI=1S/C30H30N2O5.ClH/c1-17-10-23-24(14-29(33)36-26(23)11-18(17)2)27-13-22-21(16-32-19(3)30(22)37-27)15-31-9-8-20-6-7-25(34-4)28(12-20)35-5;/h6-7,10-14,16,31H,8-9,15H2,1-5H3;1H. The van der Waals surface area contributed by atoms with Crippen LogP contribution in [0.3, 0.4) is 0 Å². The van der Waals surface area contributed by atoms with Gasteiger partial charge in [0.25, 0.3) is 0 Å². The lowest BCUT2D eigenvalue weighted by Crippen LogP contribution is -2.17. The summed E-state index contributed by atoms with van der Waals surface area (Å²) in [6.45, 7) is 7.38. The summed E-state index contributed by atoms with van der Waals surface area (Å²) >= 11 is 0. The number of nitrogens with zero attached hydrogens (tertiary/aromatic N) is 1. The molecule has 0 radical (unpaired) electrons. The van der Waals surface area contributed by atoms with Gasteiger partial charge < -0.3 is 23.6 Å². The number of hydrogen-bond donors (Lipinski definition) is 1. The van der Waals surface area contributed by atoms with Gasteiger partial charge in [0.2, 0.25) is 0 Å². The van der Waals surface area contributed by atoms with Crippen LogP contribution in [0.1, 0.15) is 27.9 Å².